The van der Waals surface area contributed by atoms with Gasteiger partial charge in [0.1, 0.15) is 5.69 Å². The summed E-state index contributed by atoms with van der Waals surface area (Å²) < 4.78 is 24.7. The number of rotatable bonds is 6. The highest BCUT2D eigenvalue weighted by atomic mass is 32.2. The second-order valence-electron chi connectivity index (χ2n) is 7.09. The van der Waals surface area contributed by atoms with E-state index >= 15 is 0 Å². The van der Waals surface area contributed by atoms with E-state index in [1.54, 1.807) is 24.3 Å². The van der Waals surface area contributed by atoms with E-state index < -0.39 is 23.1 Å². The lowest BCUT2D eigenvalue weighted by atomic mass is 9.95. The summed E-state index contributed by atoms with van der Waals surface area (Å²) in [4.78, 5) is 14.9. The number of carboxylic acid groups (broad SMARTS) is 1. The highest BCUT2D eigenvalue weighted by Gasteiger charge is 2.26. The predicted octanol–water partition coefficient (Wildman–Crippen LogP) is 3.94. The minimum atomic E-state index is -2.51. The van der Waals surface area contributed by atoms with Crippen molar-refractivity contribution in [2.45, 2.75) is 32.4 Å². The first kappa shape index (κ1) is 20.2. The van der Waals surface area contributed by atoms with Gasteiger partial charge >= 0.3 is 17.3 Å². The number of H-pyrrole nitrogens is 1. The number of carboxylic acids is 1. The fraction of sp³-hybridized carbons (Fsp3) is 0.250. The molecular formula is C20H22N2O5S. The van der Waals surface area contributed by atoms with Gasteiger partial charge in [0.05, 0.1) is 5.52 Å². The number of aromatic carboxylic acids is 1. The highest BCUT2D eigenvalue weighted by molar-refractivity contribution is 7.74. The number of aromatic nitrogens is 1. The molecule has 5 N–H and O–H groups in total. The van der Waals surface area contributed by atoms with Crippen molar-refractivity contribution < 1.29 is 22.8 Å². The molecule has 148 valence electrons. The number of benzene rings is 2. The Morgan fingerprint density at radius 3 is 2.39 bits per heavy atom. The summed E-state index contributed by atoms with van der Waals surface area (Å²) in [5, 5.41) is 10.5. The molecule has 0 saturated carbocycles. The number of nitrogens with one attached hydrogen (secondary N) is 1. The molecule has 1 heterocycles. The minimum absolute atomic E-state index is 0.110. The third-order valence-electron chi connectivity index (χ3n) is 4.69. The Bertz CT molecular complexity index is 1050. The SMILES string of the molecule is CC(C)c1cccc2c(-c3ccc(C(C)(N)OS(=O)O)cc3)c(C(=O)O)[nH]c12. The molecule has 2 atom stereocenters. The lowest BCUT2D eigenvalue weighted by molar-refractivity contribution is 0.0692. The van der Waals surface area contributed by atoms with E-state index in [2.05, 4.69) is 18.8 Å². The zero-order valence-electron chi connectivity index (χ0n) is 15.7. The van der Waals surface area contributed by atoms with Crippen LogP contribution in [0.3, 0.4) is 0 Å². The molecule has 8 heteroatoms. The Balaban J connectivity index is 2.16. The molecule has 0 bridgehead atoms. The molecule has 3 aromatic rings. The highest BCUT2D eigenvalue weighted by Crippen LogP contribution is 2.36. The first-order valence-electron chi connectivity index (χ1n) is 8.70. The van der Waals surface area contributed by atoms with Crippen LogP contribution in [0.4, 0.5) is 0 Å². The van der Waals surface area contributed by atoms with Gasteiger partial charge in [-0.05, 0) is 29.5 Å². The second kappa shape index (κ2) is 7.48. The molecule has 0 fully saturated rings. The molecule has 7 nitrogen and oxygen atoms in total. The van der Waals surface area contributed by atoms with Crippen LogP contribution >= 0.6 is 0 Å². The topological polar surface area (TPSA) is 126 Å². The molecule has 28 heavy (non-hydrogen) atoms. The Labute approximate surface area is 165 Å². The summed E-state index contributed by atoms with van der Waals surface area (Å²) in [7, 11) is 0. The van der Waals surface area contributed by atoms with Crippen molar-refractivity contribution >= 4 is 28.2 Å². The predicted molar refractivity (Wildman–Crippen MR) is 108 cm³/mol. The summed E-state index contributed by atoms with van der Waals surface area (Å²) >= 11 is -2.51. The molecule has 0 amide bonds. The lowest BCUT2D eigenvalue weighted by Crippen LogP contribution is -2.36. The standard InChI is InChI=1S/C20H22N2O5S/c1-11(2)14-5-4-6-15-16(18(19(23)24)22-17(14)15)12-7-9-13(10-8-12)20(3,21)27-28(25)26/h4-11,22H,21H2,1-3H3,(H,23,24)(H,25,26). The van der Waals surface area contributed by atoms with Gasteiger partial charge in [0.25, 0.3) is 0 Å². The van der Waals surface area contributed by atoms with Crippen LogP contribution < -0.4 is 5.73 Å². The first-order chi connectivity index (χ1) is 13.1. The van der Waals surface area contributed by atoms with Crippen LogP contribution in [0.25, 0.3) is 22.0 Å². The minimum Gasteiger partial charge on any atom is -0.477 e. The van der Waals surface area contributed by atoms with Crippen LogP contribution in [0.15, 0.2) is 42.5 Å². The fourth-order valence-corrected chi connectivity index (χ4v) is 3.74. The Hall–Kier alpha value is -2.52. The van der Waals surface area contributed by atoms with Crippen molar-refractivity contribution in [2.24, 2.45) is 5.73 Å². The number of fused-ring (bicyclic) bond motifs is 1. The second-order valence-corrected chi connectivity index (χ2v) is 7.69. The third-order valence-corrected chi connectivity index (χ3v) is 5.18. The maximum atomic E-state index is 11.9. The van der Waals surface area contributed by atoms with Crippen LogP contribution in [-0.2, 0) is 21.3 Å². The maximum Gasteiger partial charge on any atom is 0.352 e. The van der Waals surface area contributed by atoms with Gasteiger partial charge in [-0.1, -0.05) is 56.3 Å². The van der Waals surface area contributed by atoms with Gasteiger partial charge in [-0.25, -0.2) is 8.98 Å². The average Bonchev–Trinajstić information content (AvgIpc) is 3.00. The van der Waals surface area contributed by atoms with E-state index in [0.29, 0.717) is 16.7 Å². The molecule has 2 aromatic carbocycles. The van der Waals surface area contributed by atoms with Crippen LogP contribution in [0, 0.1) is 0 Å². The van der Waals surface area contributed by atoms with Crippen LogP contribution in [0.1, 0.15) is 48.3 Å². The summed E-state index contributed by atoms with van der Waals surface area (Å²) in [6, 6.07) is 12.5. The molecule has 2 unspecified atom stereocenters. The van der Waals surface area contributed by atoms with E-state index in [1.165, 1.54) is 6.92 Å². The molecular weight excluding hydrogens is 380 g/mol. The average molecular weight is 402 g/mol. The van der Waals surface area contributed by atoms with Gasteiger partial charge in [-0.15, -0.1) is 0 Å². The summed E-state index contributed by atoms with van der Waals surface area (Å²) in [5.74, 6) is -0.818. The number of hydrogen-bond acceptors (Lipinski definition) is 4. The number of hydrogen-bond donors (Lipinski definition) is 4. The normalized spacial score (nSPS) is 14.9. The number of carbonyl (C=O) groups is 1. The van der Waals surface area contributed by atoms with Crippen LogP contribution in [0.2, 0.25) is 0 Å². The lowest BCUT2D eigenvalue weighted by Gasteiger charge is -2.22. The van der Waals surface area contributed by atoms with Gasteiger partial charge in [-0.2, -0.15) is 4.21 Å². The van der Waals surface area contributed by atoms with Crippen molar-refractivity contribution in [3.63, 3.8) is 0 Å². The molecule has 0 aliphatic rings. The zero-order valence-corrected chi connectivity index (χ0v) is 16.5. The van der Waals surface area contributed by atoms with E-state index in [-0.39, 0.29) is 11.6 Å². The zero-order chi connectivity index (χ0) is 20.6. The van der Waals surface area contributed by atoms with Gasteiger partial charge in [0.15, 0.2) is 5.72 Å². The number of aromatic amines is 1. The quantitative estimate of drug-likeness (QED) is 0.365. The van der Waals surface area contributed by atoms with Gasteiger partial charge < -0.3 is 10.1 Å². The van der Waals surface area contributed by atoms with Gasteiger partial charge in [0, 0.05) is 10.9 Å². The van der Waals surface area contributed by atoms with E-state index in [0.717, 1.165) is 16.5 Å². The van der Waals surface area contributed by atoms with Crippen molar-refractivity contribution in [1.82, 2.24) is 4.98 Å². The maximum absolute atomic E-state index is 11.9. The Morgan fingerprint density at radius 2 is 1.86 bits per heavy atom. The number of nitrogens with two attached hydrogens (primary N) is 1. The van der Waals surface area contributed by atoms with Crippen molar-refractivity contribution in [3.05, 3.63) is 59.3 Å². The van der Waals surface area contributed by atoms with E-state index in [1.807, 2.05) is 18.2 Å². The van der Waals surface area contributed by atoms with E-state index in [9.17, 15) is 14.1 Å². The molecule has 0 saturated heterocycles. The largest absolute Gasteiger partial charge is 0.477 e. The van der Waals surface area contributed by atoms with Gasteiger partial charge in [-0.3, -0.25) is 10.3 Å². The van der Waals surface area contributed by atoms with Gasteiger partial charge in [0.2, 0.25) is 0 Å². The number of para-hydroxylation sites is 1. The van der Waals surface area contributed by atoms with E-state index in [4.69, 9.17) is 14.5 Å². The molecule has 3 rings (SSSR count). The fourth-order valence-electron chi connectivity index (χ4n) is 3.35. The van der Waals surface area contributed by atoms with Crippen LogP contribution in [-0.4, -0.2) is 24.8 Å². The first-order valence-corrected chi connectivity index (χ1v) is 9.73. The van der Waals surface area contributed by atoms with Crippen LogP contribution in [0.5, 0.6) is 0 Å². The molecule has 0 aliphatic carbocycles. The molecule has 1 aromatic heterocycles. The summed E-state index contributed by atoms with van der Waals surface area (Å²) in [6.45, 7) is 5.58. The van der Waals surface area contributed by atoms with Crippen molar-refractivity contribution in [3.8, 4) is 11.1 Å². The Morgan fingerprint density at radius 1 is 1.21 bits per heavy atom. The molecule has 0 aliphatic heterocycles. The Kier molecular flexibility index (Phi) is 5.40. The monoisotopic (exact) mass is 402 g/mol. The molecule has 0 spiro atoms. The summed E-state index contributed by atoms with van der Waals surface area (Å²) in [6.07, 6.45) is 0. The molecule has 0 radical (unpaired) electrons. The summed E-state index contributed by atoms with van der Waals surface area (Å²) in [5.41, 5.74) is 8.20. The van der Waals surface area contributed by atoms with Crippen molar-refractivity contribution in [1.29, 1.82) is 0 Å². The third kappa shape index (κ3) is 3.72. The smallest absolute Gasteiger partial charge is 0.352 e. The van der Waals surface area contributed by atoms with Crippen molar-refractivity contribution in [2.75, 3.05) is 0 Å².